The zero-order valence-electron chi connectivity index (χ0n) is 25.1. The van der Waals surface area contributed by atoms with Crippen molar-refractivity contribution in [2.75, 3.05) is 0 Å². The summed E-state index contributed by atoms with van der Waals surface area (Å²) in [5.74, 6) is -9.06. The van der Waals surface area contributed by atoms with Gasteiger partial charge in [0.1, 0.15) is 35.4 Å². The van der Waals surface area contributed by atoms with Crippen LogP contribution in [0, 0.1) is 86.1 Å². The molecule has 0 heterocycles. The predicted octanol–water partition coefficient (Wildman–Crippen LogP) is 9.71. The Labute approximate surface area is 275 Å². The minimum atomic E-state index is -1.62. The standard InChI is InChI=1S/C39H16F6N4/c1-17-4-25-27-12-30-26(11-31(27)37(22(15-48)16-49)29(25)10-24(17)20-8-34(42)39(45)35(43)9-20)23-3-2-18(5-28(23)36(30)21(13-46)14-47)19-6-32(40)38(44)33(41)7-19/h2-3,5-12,17H,4H2,1H3. The summed E-state index contributed by atoms with van der Waals surface area (Å²) in [5.41, 5.74) is 5.19. The maximum Gasteiger partial charge on any atom is 0.194 e. The summed E-state index contributed by atoms with van der Waals surface area (Å²) >= 11 is 0. The maximum absolute atomic E-state index is 14.3. The predicted molar refractivity (Wildman–Crippen MR) is 168 cm³/mol. The highest BCUT2D eigenvalue weighted by molar-refractivity contribution is 6.12. The molecule has 234 valence electrons. The smallest absolute Gasteiger partial charge is 0.194 e. The number of benzene rings is 4. The molecule has 49 heavy (non-hydrogen) atoms. The Bertz CT molecular complexity index is 2470. The first-order valence-electron chi connectivity index (χ1n) is 14.7. The van der Waals surface area contributed by atoms with E-state index in [1.54, 1.807) is 36.4 Å². The fourth-order valence-electron chi connectivity index (χ4n) is 6.96. The third-order valence-electron chi connectivity index (χ3n) is 9.12. The number of allylic oxidation sites excluding steroid dienone is 7. The highest BCUT2D eigenvalue weighted by Gasteiger charge is 2.37. The molecule has 0 bridgehead atoms. The Hall–Kier alpha value is -6.62. The molecule has 0 aliphatic heterocycles. The number of hydrogen-bond donors (Lipinski definition) is 0. The third kappa shape index (κ3) is 4.58. The van der Waals surface area contributed by atoms with Crippen LogP contribution in [0.15, 0.2) is 77.4 Å². The van der Waals surface area contributed by atoms with Crippen LogP contribution in [-0.2, 0) is 0 Å². The van der Waals surface area contributed by atoms with Crippen molar-refractivity contribution in [2.45, 2.75) is 13.3 Å². The van der Waals surface area contributed by atoms with Gasteiger partial charge < -0.3 is 0 Å². The van der Waals surface area contributed by atoms with Gasteiger partial charge in [0.2, 0.25) is 0 Å². The molecule has 4 aromatic rings. The molecular formula is C39H16F6N4. The summed E-state index contributed by atoms with van der Waals surface area (Å²) in [6.45, 7) is 1.81. The van der Waals surface area contributed by atoms with E-state index in [9.17, 15) is 47.4 Å². The monoisotopic (exact) mass is 654 g/mol. The fourth-order valence-corrected chi connectivity index (χ4v) is 6.96. The third-order valence-corrected chi connectivity index (χ3v) is 9.12. The van der Waals surface area contributed by atoms with E-state index in [2.05, 4.69) is 0 Å². The second kappa shape index (κ2) is 11.3. The number of nitriles is 4. The molecule has 0 spiro atoms. The average Bonchev–Trinajstić information content (AvgIpc) is 3.56. The minimum Gasteiger partial charge on any atom is -0.204 e. The van der Waals surface area contributed by atoms with Crippen molar-refractivity contribution < 1.29 is 26.3 Å². The molecule has 3 aliphatic rings. The second-order valence-corrected chi connectivity index (χ2v) is 11.8. The lowest BCUT2D eigenvalue weighted by atomic mass is 9.80. The number of fused-ring (bicyclic) bond motifs is 5. The molecule has 0 saturated heterocycles. The lowest BCUT2D eigenvalue weighted by molar-refractivity contribution is 0.446. The van der Waals surface area contributed by atoms with Crippen molar-refractivity contribution in [3.8, 4) is 46.5 Å². The van der Waals surface area contributed by atoms with Gasteiger partial charge in [0.25, 0.3) is 0 Å². The topological polar surface area (TPSA) is 95.2 Å². The molecule has 3 aliphatic carbocycles. The van der Waals surface area contributed by atoms with Crippen LogP contribution >= 0.6 is 0 Å². The molecule has 0 amide bonds. The van der Waals surface area contributed by atoms with Gasteiger partial charge in [-0.15, -0.1) is 0 Å². The Morgan fingerprint density at radius 3 is 1.61 bits per heavy atom. The van der Waals surface area contributed by atoms with Crippen LogP contribution in [0.4, 0.5) is 26.3 Å². The van der Waals surface area contributed by atoms with Crippen molar-refractivity contribution >= 4 is 22.3 Å². The molecular weight excluding hydrogens is 638 g/mol. The Balaban J connectivity index is 1.47. The van der Waals surface area contributed by atoms with Crippen molar-refractivity contribution in [1.82, 2.24) is 0 Å². The van der Waals surface area contributed by atoms with Gasteiger partial charge in [-0.05, 0) is 128 Å². The van der Waals surface area contributed by atoms with Crippen LogP contribution in [0.3, 0.4) is 0 Å². The lowest BCUT2D eigenvalue weighted by Crippen LogP contribution is -2.07. The molecule has 0 aromatic heterocycles. The molecule has 10 heteroatoms. The molecule has 0 fully saturated rings. The summed E-state index contributed by atoms with van der Waals surface area (Å²) in [5, 5.41) is 39.9. The molecule has 1 unspecified atom stereocenters. The van der Waals surface area contributed by atoms with Crippen molar-refractivity contribution in [1.29, 1.82) is 21.0 Å². The van der Waals surface area contributed by atoms with Crippen LogP contribution < -0.4 is 0 Å². The summed E-state index contributed by atoms with van der Waals surface area (Å²) in [6, 6.07) is 19.4. The second-order valence-electron chi connectivity index (χ2n) is 11.8. The van der Waals surface area contributed by atoms with Crippen LogP contribution in [0.1, 0.15) is 41.2 Å². The van der Waals surface area contributed by atoms with Gasteiger partial charge in [-0.25, -0.2) is 26.3 Å². The van der Waals surface area contributed by atoms with E-state index in [-0.39, 0.29) is 39.3 Å². The van der Waals surface area contributed by atoms with E-state index in [1.165, 1.54) is 0 Å². The van der Waals surface area contributed by atoms with E-state index in [1.807, 2.05) is 31.2 Å². The lowest BCUT2D eigenvalue weighted by Gasteiger charge is -2.24. The van der Waals surface area contributed by atoms with E-state index in [0.29, 0.717) is 62.1 Å². The van der Waals surface area contributed by atoms with Crippen molar-refractivity contribution in [3.63, 3.8) is 0 Å². The van der Waals surface area contributed by atoms with E-state index < -0.39 is 34.9 Å². The average molecular weight is 655 g/mol. The Kier molecular flexibility index (Phi) is 7.13. The largest absolute Gasteiger partial charge is 0.204 e. The van der Waals surface area contributed by atoms with Gasteiger partial charge in [0.05, 0.1) is 0 Å². The first kappa shape index (κ1) is 31.0. The van der Waals surface area contributed by atoms with Crippen LogP contribution in [0.2, 0.25) is 0 Å². The molecule has 7 rings (SSSR count). The van der Waals surface area contributed by atoms with Crippen LogP contribution in [0.25, 0.3) is 44.5 Å². The molecule has 0 N–H and O–H groups in total. The zero-order chi connectivity index (χ0) is 34.9. The van der Waals surface area contributed by atoms with Crippen LogP contribution in [0.5, 0.6) is 0 Å². The highest BCUT2D eigenvalue weighted by Crippen LogP contribution is 2.56. The number of rotatable bonds is 2. The molecule has 4 nitrogen and oxygen atoms in total. The Morgan fingerprint density at radius 2 is 1.04 bits per heavy atom. The summed E-state index contributed by atoms with van der Waals surface area (Å²) in [6.07, 6.45) is 1.93. The molecule has 0 saturated carbocycles. The quantitative estimate of drug-likeness (QED) is 0.108. The van der Waals surface area contributed by atoms with Gasteiger partial charge >= 0.3 is 0 Å². The highest BCUT2D eigenvalue weighted by atomic mass is 19.2. The SMILES string of the molecule is CC1CC2=C(C=C1c1cc(F)c(F)c(F)c1)C(=C(C#N)C#N)c1cc3c(cc12)C(=C(C#N)C#N)c1cc(-c2cc(F)c(F)c(F)c2)ccc1-3. The van der Waals surface area contributed by atoms with Crippen molar-refractivity contribution in [3.05, 3.63) is 140 Å². The summed E-state index contributed by atoms with van der Waals surface area (Å²) < 4.78 is 84.3. The zero-order valence-corrected chi connectivity index (χ0v) is 25.1. The number of hydrogen-bond acceptors (Lipinski definition) is 4. The van der Waals surface area contributed by atoms with Crippen LogP contribution in [-0.4, -0.2) is 0 Å². The van der Waals surface area contributed by atoms with Gasteiger partial charge in [-0.1, -0.05) is 19.1 Å². The van der Waals surface area contributed by atoms with E-state index in [0.717, 1.165) is 24.3 Å². The van der Waals surface area contributed by atoms with Gasteiger partial charge in [-0.2, -0.15) is 21.0 Å². The van der Waals surface area contributed by atoms with Gasteiger partial charge in [0.15, 0.2) is 34.9 Å². The summed E-state index contributed by atoms with van der Waals surface area (Å²) in [4.78, 5) is 0. The fraction of sp³-hybridized carbons (Fsp3) is 0.0769. The first-order valence-corrected chi connectivity index (χ1v) is 14.7. The first-order chi connectivity index (χ1) is 23.5. The summed E-state index contributed by atoms with van der Waals surface area (Å²) in [7, 11) is 0. The van der Waals surface area contributed by atoms with E-state index >= 15 is 0 Å². The number of halogens is 6. The number of nitrogens with zero attached hydrogens (tertiary/aromatic N) is 4. The normalized spacial score (nSPS) is 15.2. The Morgan fingerprint density at radius 1 is 0.551 bits per heavy atom. The van der Waals surface area contributed by atoms with E-state index in [4.69, 9.17) is 0 Å². The molecule has 0 radical (unpaired) electrons. The maximum atomic E-state index is 14.3. The molecule has 1 atom stereocenters. The van der Waals surface area contributed by atoms with Crippen molar-refractivity contribution in [2.24, 2.45) is 5.92 Å². The van der Waals surface area contributed by atoms with Gasteiger partial charge in [-0.3, -0.25) is 0 Å². The minimum absolute atomic E-state index is 0.0277. The van der Waals surface area contributed by atoms with Gasteiger partial charge in [0, 0.05) is 11.1 Å². The molecule has 4 aromatic carbocycles.